The molecule has 5 heteroatoms. The molecular formula is C19H21Cl2NO2. The van der Waals surface area contributed by atoms with Crippen molar-refractivity contribution in [1.29, 1.82) is 0 Å². The number of halogens is 2. The lowest BCUT2D eigenvalue weighted by Crippen LogP contribution is -2.37. The zero-order valence-electron chi connectivity index (χ0n) is 14.3. The van der Waals surface area contributed by atoms with Crippen LogP contribution in [0.5, 0.6) is 5.75 Å². The summed E-state index contributed by atoms with van der Waals surface area (Å²) in [7, 11) is 1.76. The summed E-state index contributed by atoms with van der Waals surface area (Å²) >= 11 is 12.0. The summed E-state index contributed by atoms with van der Waals surface area (Å²) in [6.07, 6.45) is -0.581. The van der Waals surface area contributed by atoms with Crippen molar-refractivity contribution in [2.24, 2.45) is 0 Å². The molecule has 0 aliphatic carbocycles. The van der Waals surface area contributed by atoms with Crippen LogP contribution in [-0.2, 0) is 11.3 Å². The Bertz CT molecular complexity index is 706. The molecule has 0 aliphatic rings. The van der Waals surface area contributed by atoms with Crippen molar-refractivity contribution in [2.75, 3.05) is 7.05 Å². The Morgan fingerprint density at radius 1 is 1.12 bits per heavy atom. The van der Waals surface area contributed by atoms with E-state index in [0.29, 0.717) is 17.3 Å². The molecule has 0 bridgehead atoms. The molecule has 24 heavy (non-hydrogen) atoms. The monoisotopic (exact) mass is 365 g/mol. The number of benzene rings is 2. The Morgan fingerprint density at radius 3 is 2.21 bits per heavy atom. The van der Waals surface area contributed by atoms with E-state index in [9.17, 15) is 4.79 Å². The summed E-state index contributed by atoms with van der Waals surface area (Å²) in [6, 6.07) is 11.1. The number of aryl methyl sites for hydroxylation is 2. The predicted molar refractivity (Wildman–Crippen MR) is 98.9 cm³/mol. The summed E-state index contributed by atoms with van der Waals surface area (Å²) in [5.74, 6) is 0.561. The molecular weight excluding hydrogens is 345 g/mol. The molecule has 2 aromatic rings. The van der Waals surface area contributed by atoms with E-state index in [1.807, 2.05) is 50.2 Å². The smallest absolute Gasteiger partial charge is 0.263 e. The maximum Gasteiger partial charge on any atom is 0.263 e. The first-order valence-electron chi connectivity index (χ1n) is 7.70. The fourth-order valence-electron chi connectivity index (χ4n) is 2.48. The van der Waals surface area contributed by atoms with Gasteiger partial charge in [0.1, 0.15) is 5.75 Å². The lowest BCUT2D eigenvalue weighted by atomic mass is 10.1. The fourth-order valence-corrected chi connectivity index (χ4v) is 2.72. The van der Waals surface area contributed by atoms with Crippen LogP contribution in [0.25, 0.3) is 0 Å². The van der Waals surface area contributed by atoms with Gasteiger partial charge in [0.25, 0.3) is 5.91 Å². The molecule has 128 valence electrons. The number of hydrogen-bond acceptors (Lipinski definition) is 2. The maximum absolute atomic E-state index is 12.5. The highest BCUT2D eigenvalue weighted by Crippen LogP contribution is 2.26. The maximum atomic E-state index is 12.5. The topological polar surface area (TPSA) is 29.5 Å². The Balaban J connectivity index is 2.02. The van der Waals surface area contributed by atoms with E-state index >= 15 is 0 Å². The lowest BCUT2D eigenvalue weighted by Gasteiger charge is -2.22. The number of hydrogen-bond donors (Lipinski definition) is 0. The first-order valence-corrected chi connectivity index (χ1v) is 8.46. The molecule has 0 aliphatic heterocycles. The SMILES string of the molecule is Cc1cc(OC(C)C(=O)N(C)Cc2ccc(Cl)cc2)cc(C)c1Cl. The molecule has 0 N–H and O–H groups in total. The molecule has 0 fully saturated rings. The molecule has 1 unspecified atom stereocenters. The highest BCUT2D eigenvalue weighted by atomic mass is 35.5. The zero-order valence-corrected chi connectivity index (χ0v) is 15.8. The third-order valence-electron chi connectivity index (χ3n) is 3.78. The number of nitrogens with zero attached hydrogens (tertiary/aromatic N) is 1. The summed E-state index contributed by atoms with van der Waals surface area (Å²) in [4.78, 5) is 14.1. The molecule has 1 atom stereocenters. The zero-order chi connectivity index (χ0) is 17.9. The summed E-state index contributed by atoms with van der Waals surface area (Å²) in [6.45, 7) is 6.09. The minimum Gasteiger partial charge on any atom is -0.481 e. The molecule has 2 rings (SSSR count). The number of amides is 1. The molecule has 1 amide bonds. The summed E-state index contributed by atoms with van der Waals surface area (Å²) in [5.41, 5.74) is 2.88. The van der Waals surface area contributed by atoms with Gasteiger partial charge in [-0.15, -0.1) is 0 Å². The molecule has 0 radical (unpaired) electrons. The number of carbonyl (C=O) groups is 1. The van der Waals surface area contributed by atoms with E-state index in [0.717, 1.165) is 21.7 Å². The van der Waals surface area contributed by atoms with Crippen LogP contribution < -0.4 is 4.74 Å². The van der Waals surface area contributed by atoms with E-state index in [4.69, 9.17) is 27.9 Å². The number of likely N-dealkylation sites (N-methyl/N-ethyl adjacent to an activating group) is 1. The Labute approximate surface area is 153 Å². The van der Waals surface area contributed by atoms with Crippen molar-refractivity contribution in [2.45, 2.75) is 33.4 Å². The van der Waals surface area contributed by atoms with Gasteiger partial charge in [0.15, 0.2) is 6.10 Å². The van der Waals surface area contributed by atoms with Gasteiger partial charge in [-0.3, -0.25) is 4.79 Å². The summed E-state index contributed by atoms with van der Waals surface area (Å²) in [5, 5.41) is 1.40. The van der Waals surface area contributed by atoms with E-state index < -0.39 is 6.10 Å². The summed E-state index contributed by atoms with van der Waals surface area (Å²) < 4.78 is 5.80. The number of ether oxygens (including phenoxy) is 1. The molecule has 2 aromatic carbocycles. The first kappa shape index (κ1) is 18.6. The van der Waals surface area contributed by atoms with Gasteiger partial charge in [0, 0.05) is 23.6 Å². The average Bonchev–Trinajstić information content (AvgIpc) is 2.53. The largest absolute Gasteiger partial charge is 0.481 e. The van der Waals surface area contributed by atoms with Crippen LogP contribution >= 0.6 is 23.2 Å². The molecule has 3 nitrogen and oxygen atoms in total. The highest BCUT2D eigenvalue weighted by molar-refractivity contribution is 6.32. The van der Waals surface area contributed by atoms with Gasteiger partial charge in [-0.2, -0.15) is 0 Å². The number of rotatable bonds is 5. The Hall–Kier alpha value is -1.71. The molecule has 0 heterocycles. The second-order valence-corrected chi connectivity index (χ2v) is 6.77. The molecule has 0 saturated heterocycles. The predicted octanol–water partition coefficient (Wildman–Crippen LogP) is 5.04. The van der Waals surface area contributed by atoms with E-state index in [1.165, 1.54) is 0 Å². The van der Waals surface area contributed by atoms with Gasteiger partial charge in [-0.1, -0.05) is 35.3 Å². The molecule has 0 spiro atoms. The van der Waals surface area contributed by atoms with Crippen LogP contribution in [0.1, 0.15) is 23.6 Å². The molecule has 0 saturated carbocycles. The van der Waals surface area contributed by atoms with Crippen molar-refractivity contribution in [1.82, 2.24) is 4.90 Å². The van der Waals surface area contributed by atoms with Gasteiger partial charge in [-0.25, -0.2) is 0 Å². The number of carbonyl (C=O) groups excluding carboxylic acids is 1. The van der Waals surface area contributed by atoms with E-state index in [2.05, 4.69) is 0 Å². The Morgan fingerprint density at radius 2 is 1.67 bits per heavy atom. The normalized spacial score (nSPS) is 11.9. The minimum atomic E-state index is -0.581. The van der Waals surface area contributed by atoms with Crippen molar-refractivity contribution in [3.8, 4) is 5.75 Å². The van der Waals surface area contributed by atoms with E-state index in [1.54, 1.807) is 18.9 Å². The second kappa shape index (κ2) is 7.91. The highest BCUT2D eigenvalue weighted by Gasteiger charge is 2.20. The standard InChI is InChI=1S/C19H21Cl2NO2/c1-12-9-17(10-13(2)18(12)21)24-14(3)19(23)22(4)11-15-5-7-16(20)8-6-15/h5-10,14H,11H2,1-4H3. The van der Waals surface area contributed by atoms with Gasteiger partial charge in [0.2, 0.25) is 0 Å². The third-order valence-corrected chi connectivity index (χ3v) is 4.63. The van der Waals surface area contributed by atoms with Crippen LogP contribution in [0.2, 0.25) is 10.0 Å². The molecule has 0 aromatic heterocycles. The second-order valence-electron chi connectivity index (χ2n) is 5.95. The first-order chi connectivity index (χ1) is 11.3. The van der Waals surface area contributed by atoms with Gasteiger partial charge in [-0.05, 0) is 61.7 Å². The Kier molecular flexibility index (Phi) is 6.14. The van der Waals surface area contributed by atoms with Gasteiger partial charge < -0.3 is 9.64 Å². The van der Waals surface area contributed by atoms with Crippen LogP contribution in [-0.4, -0.2) is 24.0 Å². The fraction of sp³-hybridized carbons (Fsp3) is 0.316. The van der Waals surface area contributed by atoms with Gasteiger partial charge >= 0.3 is 0 Å². The van der Waals surface area contributed by atoms with Crippen molar-refractivity contribution in [3.63, 3.8) is 0 Å². The van der Waals surface area contributed by atoms with Crippen LogP contribution in [0.3, 0.4) is 0 Å². The van der Waals surface area contributed by atoms with Crippen LogP contribution in [0.15, 0.2) is 36.4 Å². The van der Waals surface area contributed by atoms with Crippen molar-refractivity contribution < 1.29 is 9.53 Å². The van der Waals surface area contributed by atoms with Crippen LogP contribution in [0.4, 0.5) is 0 Å². The van der Waals surface area contributed by atoms with E-state index in [-0.39, 0.29) is 5.91 Å². The van der Waals surface area contributed by atoms with Crippen molar-refractivity contribution in [3.05, 3.63) is 63.1 Å². The quantitative estimate of drug-likeness (QED) is 0.742. The third kappa shape index (κ3) is 4.65. The average molecular weight is 366 g/mol. The van der Waals surface area contributed by atoms with Gasteiger partial charge in [0.05, 0.1) is 0 Å². The minimum absolute atomic E-state index is 0.0878. The van der Waals surface area contributed by atoms with Crippen LogP contribution in [0, 0.1) is 13.8 Å². The lowest BCUT2D eigenvalue weighted by molar-refractivity contribution is -0.137. The van der Waals surface area contributed by atoms with Crippen molar-refractivity contribution >= 4 is 29.1 Å².